The molecule has 1 aromatic rings. The van der Waals surface area contributed by atoms with E-state index in [-0.39, 0.29) is 0 Å². The zero-order valence-corrected chi connectivity index (χ0v) is 14.5. The maximum Gasteiger partial charge on any atom is 0.396 e. The second-order valence-corrected chi connectivity index (χ2v) is 7.11. The minimum absolute atomic E-state index is 0.519. The molecule has 0 aliphatic carbocycles. The number of hydrogen-bond donors (Lipinski definition) is 0. The Morgan fingerprint density at radius 1 is 1.09 bits per heavy atom. The van der Waals surface area contributed by atoms with Gasteiger partial charge in [-0.15, -0.1) is 13.2 Å². The van der Waals surface area contributed by atoms with Crippen molar-refractivity contribution in [2.75, 3.05) is 26.2 Å². The summed E-state index contributed by atoms with van der Waals surface area (Å²) in [6, 6.07) is 9.33. The SMILES string of the molecule is C=CCCN(CC)P(=O)(Oc1ccccc1)N(CC)CC=C. The third-order valence-corrected chi connectivity index (χ3v) is 6.15. The predicted octanol–water partition coefficient (Wildman–Crippen LogP) is 4.58. The monoisotopic (exact) mass is 322 g/mol. The molecule has 1 aromatic carbocycles. The van der Waals surface area contributed by atoms with Crippen LogP contribution in [0.4, 0.5) is 0 Å². The van der Waals surface area contributed by atoms with E-state index in [4.69, 9.17) is 4.52 Å². The topological polar surface area (TPSA) is 32.8 Å². The average Bonchev–Trinajstić information content (AvgIpc) is 2.54. The summed E-state index contributed by atoms with van der Waals surface area (Å²) in [5, 5.41) is 0. The van der Waals surface area contributed by atoms with Gasteiger partial charge in [-0.1, -0.05) is 44.2 Å². The zero-order chi connectivity index (χ0) is 16.4. The molecule has 0 fully saturated rings. The van der Waals surface area contributed by atoms with Crippen molar-refractivity contribution >= 4 is 7.67 Å². The molecular formula is C17H27N2O2P. The standard InChI is InChI=1S/C17H27N2O2P/c1-5-9-16-19(8-4)22(20,18(7-3)15-6-2)21-17-13-11-10-12-14-17/h5-6,10-14H,1-2,7-9,15-16H2,3-4H3. The fourth-order valence-electron chi connectivity index (χ4n) is 2.18. The summed E-state index contributed by atoms with van der Waals surface area (Å²) < 4.78 is 23.4. The van der Waals surface area contributed by atoms with Crippen LogP contribution in [-0.2, 0) is 4.57 Å². The highest BCUT2D eigenvalue weighted by atomic mass is 31.2. The molecule has 1 rings (SSSR count). The first-order valence-corrected chi connectivity index (χ1v) is 9.22. The van der Waals surface area contributed by atoms with E-state index < -0.39 is 7.67 Å². The van der Waals surface area contributed by atoms with Crippen LogP contribution in [0.3, 0.4) is 0 Å². The van der Waals surface area contributed by atoms with Gasteiger partial charge in [-0.2, -0.15) is 0 Å². The molecule has 0 saturated heterocycles. The summed E-state index contributed by atoms with van der Waals surface area (Å²) in [7, 11) is -3.16. The molecule has 0 heterocycles. The molecular weight excluding hydrogens is 295 g/mol. The molecule has 0 radical (unpaired) electrons. The predicted molar refractivity (Wildman–Crippen MR) is 94.2 cm³/mol. The third-order valence-electron chi connectivity index (χ3n) is 3.34. The Kier molecular flexibility index (Phi) is 8.18. The first kappa shape index (κ1) is 18.7. The average molecular weight is 322 g/mol. The Morgan fingerprint density at radius 3 is 2.23 bits per heavy atom. The van der Waals surface area contributed by atoms with Gasteiger partial charge in [0.1, 0.15) is 5.75 Å². The van der Waals surface area contributed by atoms with Crippen molar-refractivity contribution < 1.29 is 9.09 Å². The van der Waals surface area contributed by atoms with Crippen LogP contribution in [0.25, 0.3) is 0 Å². The van der Waals surface area contributed by atoms with Crippen LogP contribution < -0.4 is 4.52 Å². The van der Waals surface area contributed by atoms with Crippen LogP contribution in [0.1, 0.15) is 20.3 Å². The van der Waals surface area contributed by atoms with E-state index in [1.165, 1.54) is 0 Å². The van der Waals surface area contributed by atoms with Crippen LogP contribution in [0.2, 0.25) is 0 Å². The second-order valence-electron chi connectivity index (χ2n) is 4.81. The van der Waals surface area contributed by atoms with Crippen molar-refractivity contribution in [2.24, 2.45) is 0 Å². The summed E-state index contributed by atoms with van der Waals surface area (Å²) in [4.78, 5) is 0. The number of para-hydroxylation sites is 1. The third kappa shape index (κ3) is 4.84. The Labute approximate surface area is 134 Å². The summed E-state index contributed by atoms with van der Waals surface area (Å²) >= 11 is 0. The first-order valence-electron chi connectivity index (χ1n) is 7.69. The maximum absolute atomic E-state index is 13.7. The Balaban J connectivity index is 3.13. The molecule has 0 N–H and O–H groups in total. The smallest absolute Gasteiger partial charge is 0.396 e. The van der Waals surface area contributed by atoms with E-state index in [9.17, 15) is 4.57 Å². The molecule has 0 spiro atoms. The molecule has 0 aromatic heterocycles. The van der Waals surface area contributed by atoms with Crippen LogP contribution in [0, 0.1) is 0 Å². The Hall–Kier alpha value is -1.35. The fourth-order valence-corrected chi connectivity index (χ4v) is 4.57. The van der Waals surface area contributed by atoms with Crippen molar-refractivity contribution in [2.45, 2.75) is 20.3 Å². The van der Waals surface area contributed by atoms with E-state index in [1.54, 1.807) is 6.08 Å². The van der Waals surface area contributed by atoms with Crippen molar-refractivity contribution in [1.82, 2.24) is 9.34 Å². The zero-order valence-electron chi connectivity index (χ0n) is 13.6. The van der Waals surface area contributed by atoms with E-state index in [1.807, 2.05) is 59.6 Å². The van der Waals surface area contributed by atoms with Gasteiger partial charge in [0.15, 0.2) is 0 Å². The van der Waals surface area contributed by atoms with E-state index >= 15 is 0 Å². The normalized spacial score (nSPS) is 13.8. The van der Waals surface area contributed by atoms with Crippen LogP contribution in [0.5, 0.6) is 5.75 Å². The lowest BCUT2D eigenvalue weighted by Gasteiger charge is -2.36. The van der Waals surface area contributed by atoms with Gasteiger partial charge < -0.3 is 4.52 Å². The molecule has 122 valence electrons. The number of likely N-dealkylation sites (N-methyl/N-ethyl adjacent to an activating group) is 1. The highest BCUT2D eigenvalue weighted by Gasteiger charge is 2.37. The van der Waals surface area contributed by atoms with Gasteiger partial charge in [-0.3, -0.25) is 0 Å². The quantitative estimate of drug-likeness (QED) is 0.441. The van der Waals surface area contributed by atoms with Gasteiger partial charge >= 0.3 is 7.67 Å². The maximum atomic E-state index is 13.7. The van der Waals surface area contributed by atoms with Gasteiger partial charge in [-0.25, -0.2) is 13.9 Å². The van der Waals surface area contributed by atoms with Crippen LogP contribution >= 0.6 is 7.67 Å². The first-order chi connectivity index (χ1) is 10.6. The highest BCUT2D eigenvalue weighted by Crippen LogP contribution is 2.53. The van der Waals surface area contributed by atoms with E-state index in [2.05, 4.69) is 13.2 Å². The molecule has 0 aliphatic heterocycles. The van der Waals surface area contributed by atoms with Crippen molar-refractivity contribution in [3.05, 3.63) is 55.6 Å². The number of hydrogen-bond acceptors (Lipinski definition) is 2. The lowest BCUT2D eigenvalue weighted by Crippen LogP contribution is -2.35. The molecule has 4 nitrogen and oxygen atoms in total. The minimum atomic E-state index is -3.16. The van der Waals surface area contributed by atoms with Gasteiger partial charge in [0.2, 0.25) is 0 Å². The van der Waals surface area contributed by atoms with Crippen LogP contribution in [-0.4, -0.2) is 35.5 Å². The van der Waals surface area contributed by atoms with Crippen molar-refractivity contribution in [3.63, 3.8) is 0 Å². The molecule has 1 unspecified atom stereocenters. The Bertz CT molecular complexity index is 505. The summed E-state index contributed by atoms with van der Waals surface area (Å²) in [6.45, 7) is 13.9. The lowest BCUT2D eigenvalue weighted by atomic mass is 10.3. The van der Waals surface area contributed by atoms with Gasteiger partial charge in [-0.05, 0) is 18.6 Å². The number of rotatable bonds is 11. The summed E-state index contributed by atoms with van der Waals surface area (Å²) in [6.07, 6.45) is 4.35. The van der Waals surface area contributed by atoms with E-state index in [0.717, 1.165) is 6.42 Å². The fraction of sp³-hybridized carbons (Fsp3) is 0.412. The summed E-state index contributed by atoms with van der Waals surface area (Å²) in [5.74, 6) is 0.616. The highest BCUT2D eigenvalue weighted by molar-refractivity contribution is 7.54. The molecule has 22 heavy (non-hydrogen) atoms. The minimum Gasteiger partial charge on any atom is -0.422 e. The molecule has 1 atom stereocenters. The van der Waals surface area contributed by atoms with Gasteiger partial charge in [0, 0.05) is 26.2 Å². The molecule has 0 amide bonds. The van der Waals surface area contributed by atoms with Crippen LogP contribution in [0.15, 0.2) is 55.6 Å². The largest absolute Gasteiger partial charge is 0.422 e. The van der Waals surface area contributed by atoms with Crippen molar-refractivity contribution in [1.29, 1.82) is 0 Å². The van der Waals surface area contributed by atoms with Crippen molar-refractivity contribution in [3.8, 4) is 5.75 Å². The molecule has 0 saturated carbocycles. The van der Waals surface area contributed by atoms with Gasteiger partial charge in [0.05, 0.1) is 0 Å². The molecule has 0 aliphatic rings. The number of benzene rings is 1. The van der Waals surface area contributed by atoms with E-state index in [0.29, 0.717) is 31.9 Å². The lowest BCUT2D eigenvalue weighted by molar-refractivity contribution is 0.293. The number of nitrogens with zero attached hydrogens (tertiary/aromatic N) is 2. The summed E-state index contributed by atoms with van der Waals surface area (Å²) in [5.41, 5.74) is 0. The van der Waals surface area contributed by atoms with Gasteiger partial charge in [0.25, 0.3) is 0 Å². The second kappa shape index (κ2) is 9.62. The molecule has 0 bridgehead atoms. The Morgan fingerprint density at radius 2 is 1.73 bits per heavy atom. The molecule has 5 heteroatoms.